The molecule has 0 spiro atoms. The van der Waals surface area contributed by atoms with Crippen molar-refractivity contribution in [2.75, 3.05) is 18.0 Å². The van der Waals surface area contributed by atoms with Crippen molar-refractivity contribution in [3.05, 3.63) is 29.3 Å². The Labute approximate surface area is 122 Å². The number of anilines is 1. The molecule has 0 saturated heterocycles. The molecule has 0 aliphatic carbocycles. The van der Waals surface area contributed by atoms with Gasteiger partial charge in [0.25, 0.3) is 0 Å². The van der Waals surface area contributed by atoms with E-state index in [0.29, 0.717) is 12.5 Å². The summed E-state index contributed by atoms with van der Waals surface area (Å²) >= 11 is 0. The average Bonchev–Trinajstić information content (AvgIpc) is 2.32. The minimum Gasteiger partial charge on any atom is -0.481 e. The van der Waals surface area contributed by atoms with Crippen molar-refractivity contribution >= 4 is 11.7 Å². The molecule has 112 valence electrons. The van der Waals surface area contributed by atoms with E-state index >= 15 is 0 Å². The minimum atomic E-state index is -0.732. The van der Waals surface area contributed by atoms with Gasteiger partial charge in [-0.3, -0.25) is 4.79 Å². The van der Waals surface area contributed by atoms with Gasteiger partial charge in [-0.1, -0.05) is 26.8 Å². The summed E-state index contributed by atoms with van der Waals surface area (Å²) in [4.78, 5) is 13.3. The second-order valence-electron chi connectivity index (χ2n) is 6.21. The standard InChI is InChI=1S/C17H27NO2/c1-12(2)6-7-18(11-15(5)17(19)20)16-9-13(3)8-14(4)10-16/h8-10,12,15H,6-7,11H2,1-5H3,(H,19,20). The highest BCUT2D eigenvalue weighted by molar-refractivity contribution is 5.70. The second-order valence-corrected chi connectivity index (χ2v) is 6.21. The molecule has 1 aromatic carbocycles. The molecule has 0 saturated carbocycles. The number of hydrogen-bond acceptors (Lipinski definition) is 2. The average molecular weight is 277 g/mol. The number of benzene rings is 1. The maximum Gasteiger partial charge on any atom is 0.308 e. The highest BCUT2D eigenvalue weighted by Gasteiger charge is 2.17. The van der Waals surface area contributed by atoms with E-state index in [1.807, 2.05) is 0 Å². The molecule has 0 bridgehead atoms. The first kappa shape index (κ1) is 16.5. The third-order valence-electron chi connectivity index (χ3n) is 3.46. The molecule has 3 heteroatoms. The Morgan fingerprint density at radius 3 is 2.15 bits per heavy atom. The number of carbonyl (C=O) groups is 1. The maximum atomic E-state index is 11.1. The SMILES string of the molecule is Cc1cc(C)cc(N(CCC(C)C)CC(C)C(=O)O)c1. The van der Waals surface area contributed by atoms with Gasteiger partial charge in [0.05, 0.1) is 5.92 Å². The Balaban J connectivity index is 2.93. The molecule has 0 aromatic heterocycles. The van der Waals surface area contributed by atoms with Crippen LogP contribution in [0.4, 0.5) is 5.69 Å². The van der Waals surface area contributed by atoms with E-state index in [0.717, 1.165) is 18.7 Å². The molecule has 1 aromatic rings. The highest BCUT2D eigenvalue weighted by Crippen LogP contribution is 2.21. The number of aliphatic carboxylic acids is 1. The molecule has 0 fully saturated rings. The van der Waals surface area contributed by atoms with Gasteiger partial charge < -0.3 is 10.0 Å². The van der Waals surface area contributed by atoms with Crippen LogP contribution in [0, 0.1) is 25.7 Å². The van der Waals surface area contributed by atoms with Crippen LogP contribution in [0.2, 0.25) is 0 Å². The van der Waals surface area contributed by atoms with Crippen LogP contribution in [0.3, 0.4) is 0 Å². The minimum absolute atomic E-state index is 0.358. The maximum absolute atomic E-state index is 11.1. The van der Waals surface area contributed by atoms with E-state index in [1.54, 1.807) is 6.92 Å². The zero-order valence-corrected chi connectivity index (χ0v) is 13.3. The molecule has 1 atom stereocenters. The van der Waals surface area contributed by atoms with E-state index in [9.17, 15) is 4.79 Å². The Kier molecular flexibility index (Phi) is 6.05. The summed E-state index contributed by atoms with van der Waals surface area (Å²) in [5, 5.41) is 9.14. The molecule has 0 amide bonds. The summed E-state index contributed by atoms with van der Waals surface area (Å²) in [5.41, 5.74) is 3.58. The lowest BCUT2D eigenvalue weighted by atomic mass is 10.1. The van der Waals surface area contributed by atoms with Crippen molar-refractivity contribution in [1.82, 2.24) is 0 Å². The number of rotatable bonds is 7. The molecule has 20 heavy (non-hydrogen) atoms. The van der Waals surface area contributed by atoms with Crippen LogP contribution >= 0.6 is 0 Å². The quantitative estimate of drug-likeness (QED) is 0.822. The molecule has 0 aliphatic rings. The van der Waals surface area contributed by atoms with Crippen molar-refractivity contribution < 1.29 is 9.90 Å². The third kappa shape index (κ3) is 5.24. The number of hydrogen-bond donors (Lipinski definition) is 1. The normalized spacial score (nSPS) is 12.5. The van der Waals surface area contributed by atoms with E-state index < -0.39 is 5.97 Å². The van der Waals surface area contributed by atoms with Crippen LogP contribution in [0.25, 0.3) is 0 Å². The Morgan fingerprint density at radius 2 is 1.70 bits per heavy atom. The van der Waals surface area contributed by atoms with Crippen LogP contribution in [0.5, 0.6) is 0 Å². The van der Waals surface area contributed by atoms with E-state index in [-0.39, 0.29) is 5.92 Å². The molecule has 0 aliphatic heterocycles. The first-order valence-electron chi connectivity index (χ1n) is 7.35. The lowest BCUT2D eigenvalue weighted by Gasteiger charge is -2.28. The lowest BCUT2D eigenvalue weighted by molar-refractivity contribution is -0.140. The zero-order chi connectivity index (χ0) is 15.3. The Bertz CT molecular complexity index is 434. The fourth-order valence-corrected chi connectivity index (χ4v) is 2.28. The molecule has 1 N–H and O–H groups in total. The fourth-order valence-electron chi connectivity index (χ4n) is 2.28. The van der Waals surface area contributed by atoms with E-state index in [4.69, 9.17) is 5.11 Å². The molecule has 0 heterocycles. The fraction of sp³-hybridized carbons (Fsp3) is 0.588. The Hall–Kier alpha value is -1.51. The molecular weight excluding hydrogens is 250 g/mol. The van der Waals surface area contributed by atoms with Crippen molar-refractivity contribution in [3.8, 4) is 0 Å². The monoisotopic (exact) mass is 277 g/mol. The van der Waals surface area contributed by atoms with Crippen LogP contribution in [0.15, 0.2) is 18.2 Å². The zero-order valence-electron chi connectivity index (χ0n) is 13.3. The van der Waals surface area contributed by atoms with Crippen LogP contribution < -0.4 is 4.90 Å². The molecule has 3 nitrogen and oxygen atoms in total. The van der Waals surface area contributed by atoms with Crippen LogP contribution in [-0.4, -0.2) is 24.2 Å². The Morgan fingerprint density at radius 1 is 1.15 bits per heavy atom. The van der Waals surface area contributed by atoms with Gasteiger partial charge in [-0.25, -0.2) is 0 Å². The number of carboxylic acid groups (broad SMARTS) is 1. The smallest absolute Gasteiger partial charge is 0.308 e. The molecule has 1 rings (SSSR count). The summed E-state index contributed by atoms with van der Waals surface area (Å²) in [6.07, 6.45) is 1.07. The van der Waals surface area contributed by atoms with Gasteiger partial charge in [0.15, 0.2) is 0 Å². The van der Waals surface area contributed by atoms with Crippen molar-refractivity contribution in [2.45, 2.75) is 41.0 Å². The number of aryl methyl sites for hydroxylation is 2. The summed E-state index contributed by atoms with van der Waals surface area (Å²) in [7, 11) is 0. The largest absolute Gasteiger partial charge is 0.481 e. The number of carboxylic acids is 1. The predicted octanol–water partition coefficient (Wildman–Crippen LogP) is 3.88. The van der Waals surface area contributed by atoms with Crippen molar-refractivity contribution in [2.24, 2.45) is 11.8 Å². The third-order valence-corrected chi connectivity index (χ3v) is 3.46. The van der Waals surface area contributed by atoms with Crippen molar-refractivity contribution in [3.63, 3.8) is 0 Å². The molecule has 1 unspecified atom stereocenters. The van der Waals surface area contributed by atoms with Gasteiger partial charge in [-0.2, -0.15) is 0 Å². The van der Waals surface area contributed by atoms with Gasteiger partial charge in [0.2, 0.25) is 0 Å². The van der Waals surface area contributed by atoms with E-state index in [2.05, 4.69) is 50.8 Å². The van der Waals surface area contributed by atoms with Crippen molar-refractivity contribution in [1.29, 1.82) is 0 Å². The summed E-state index contributed by atoms with van der Waals surface area (Å²) in [6.45, 7) is 11.8. The van der Waals surface area contributed by atoms with E-state index in [1.165, 1.54) is 11.1 Å². The van der Waals surface area contributed by atoms with Gasteiger partial charge in [0.1, 0.15) is 0 Å². The van der Waals surface area contributed by atoms with Gasteiger partial charge in [-0.15, -0.1) is 0 Å². The first-order valence-corrected chi connectivity index (χ1v) is 7.35. The second kappa shape index (κ2) is 7.32. The predicted molar refractivity (Wildman–Crippen MR) is 84.4 cm³/mol. The first-order chi connectivity index (χ1) is 9.29. The summed E-state index contributed by atoms with van der Waals surface area (Å²) < 4.78 is 0. The summed E-state index contributed by atoms with van der Waals surface area (Å²) in [6, 6.07) is 6.43. The summed E-state index contributed by atoms with van der Waals surface area (Å²) in [5.74, 6) is -0.476. The molecular formula is C17H27NO2. The van der Waals surface area contributed by atoms with Crippen LogP contribution in [0.1, 0.15) is 38.3 Å². The topological polar surface area (TPSA) is 40.5 Å². The van der Waals surface area contributed by atoms with Gasteiger partial charge in [0, 0.05) is 18.8 Å². The number of nitrogens with zero attached hydrogens (tertiary/aromatic N) is 1. The van der Waals surface area contributed by atoms with Gasteiger partial charge >= 0.3 is 5.97 Å². The molecule has 0 radical (unpaired) electrons. The van der Waals surface area contributed by atoms with Gasteiger partial charge in [-0.05, 0) is 49.4 Å². The van der Waals surface area contributed by atoms with Crippen LogP contribution in [-0.2, 0) is 4.79 Å². The lowest BCUT2D eigenvalue weighted by Crippen LogP contribution is -2.33. The highest BCUT2D eigenvalue weighted by atomic mass is 16.4.